The summed E-state index contributed by atoms with van der Waals surface area (Å²) in [4.78, 5) is 0. The van der Waals surface area contributed by atoms with Gasteiger partial charge in [-0.3, -0.25) is 0 Å². The van der Waals surface area contributed by atoms with Gasteiger partial charge in [-0.25, -0.2) is 4.39 Å². The Morgan fingerprint density at radius 2 is 1.92 bits per heavy atom. The molecule has 0 unspecified atom stereocenters. The summed E-state index contributed by atoms with van der Waals surface area (Å²) < 4.78 is 20.6. The van der Waals surface area contributed by atoms with Gasteiger partial charge in [-0.1, -0.05) is 0 Å². The molecule has 1 aromatic carbocycles. The van der Waals surface area contributed by atoms with Gasteiger partial charge in [-0.2, -0.15) is 8.75 Å². The van der Waals surface area contributed by atoms with Gasteiger partial charge in [0.1, 0.15) is 11.0 Å². The van der Waals surface area contributed by atoms with Crippen LogP contribution in [0.2, 0.25) is 0 Å². The maximum absolute atomic E-state index is 12.9. The molecule has 12 heavy (non-hydrogen) atoms. The van der Waals surface area contributed by atoms with Gasteiger partial charge < -0.3 is 11.5 Å². The van der Waals surface area contributed by atoms with Crippen LogP contribution in [0.3, 0.4) is 0 Å². The molecule has 6 heteroatoms. The van der Waals surface area contributed by atoms with Crippen LogP contribution in [-0.4, -0.2) is 8.75 Å². The van der Waals surface area contributed by atoms with Crippen molar-refractivity contribution in [1.29, 1.82) is 0 Å². The monoisotopic (exact) mass is 184 g/mol. The molecular weight excluding hydrogens is 179 g/mol. The van der Waals surface area contributed by atoms with Crippen molar-refractivity contribution in [2.24, 2.45) is 0 Å². The van der Waals surface area contributed by atoms with Gasteiger partial charge in [0.05, 0.1) is 23.1 Å². The minimum atomic E-state index is -0.548. The lowest BCUT2D eigenvalue weighted by atomic mass is 10.2. The molecule has 0 aliphatic rings. The maximum atomic E-state index is 12.9. The molecular formula is C6H5FN4S. The van der Waals surface area contributed by atoms with Crippen molar-refractivity contribution >= 4 is 34.1 Å². The maximum Gasteiger partial charge on any atom is 0.150 e. The highest BCUT2D eigenvalue weighted by atomic mass is 32.1. The smallest absolute Gasteiger partial charge is 0.150 e. The average Bonchev–Trinajstić information content (AvgIpc) is 2.48. The number of halogens is 1. The summed E-state index contributed by atoms with van der Waals surface area (Å²) in [7, 11) is 0. The highest BCUT2D eigenvalue weighted by Crippen LogP contribution is 2.26. The van der Waals surface area contributed by atoms with E-state index in [4.69, 9.17) is 11.5 Å². The van der Waals surface area contributed by atoms with E-state index in [2.05, 4.69) is 8.75 Å². The lowest BCUT2D eigenvalue weighted by molar-refractivity contribution is 0.634. The van der Waals surface area contributed by atoms with Crippen LogP contribution in [0.15, 0.2) is 6.07 Å². The molecule has 0 radical (unpaired) electrons. The van der Waals surface area contributed by atoms with Gasteiger partial charge >= 0.3 is 0 Å². The van der Waals surface area contributed by atoms with Gasteiger partial charge in [0.15, 0.2) is 5.82 Å². The highest BCUT2D eigenvalue weighted by molar-refractivity contribution is 7.00. The number of hydrogen-bond donors (Lipinski definition) is 2. The van der Waals surface area contributed by atoms with Crippen molar-refractivity contribution in [2.45, 2.75) is 0 Å². The van der Waals surface area contributed by atoms with E-state index in [1.54, 1.807) is 0 Å². The minimum Gasteiger partial charge on any atom is -0.397 e. The molecule has 4 nitrogen and oxygen atoms in total. The first-order chi connectivity index (χ1) is 5.70. The second-order valence-corrected chi connectivity index (χ2v) is 2.85. The van der Waals surface area contributed by atoms with Crippen molar-refractivity contribution in [2.75, 3.05) is 11.5 Å². The van der Waals surface area contributed by atoms with Gasteiger partial charge in [0.2, 0.25) is 0 Å². The molecule has 0 aliphatic carbocycles. The van der Waals surface area contributed by atoms with E-state index in [1.807, 2.05) is 0 Å². The van der Waals surface area contributed by atoms with E-state index in [9.17, 15) is 4.39 Å². The van der Waals surface area contributed by atoms with Gasteiger partial charge in [-0.15, -0.1) is 0 Å². The molecule has 0 saturated heterocycles. The van der Waals surface area contributed by atoms with E-state index in [0.717, 1.165) is 17.8 Å². The zero-order valence-corrected chi connectivity index (χ0v) is 6.73. The standard InChI is InChI=1S/C6H5FN4S/c7-2-1-3(8)5-6(4(2)9)11-12-10-5/h1H,8-9H2. The molecule has 0 spiro atoms. The number of benzene rings is 1. The summed E-state index contributed by atoms with van der Waals surface area (Å²) in [6, 6.07) is 1.15. The Kier molecular flexibility index (Phi) is 1.37. The number of aromatic nitrogens is 2. The zero-order valence-electron chi connectivity index (χ0n) is 5.91. The SMILES string of the molecule is Nc1cc(F)c(N)c2nsnc12. The molecule has 4 N–H and O–H groups in total. The first-order valence-corrected chi connectivity index (χ1v) is 3.89. The van der Waals surface area contributed by atoms with Gasteiger partial charge in [-0.05, 0) is 0 Å². The second-order valence-electron chi connectivity index (χ2n) is 2.32. The topological polar surface area (TPSA) is 77.8 Å². The summed E-state index contributed by atoms with van der Waals surface area (Å²) in [6.07, 6.45) is 0. The van der Waals surface area contributed by atoms with E-state index in [1.165, 1.54) is 0 Å². The van der Waals surface area contributed by atoms with E-state index < -0.39 is 5.82 Å². The molecule has 0 saturated carbocycles. The molecule has 0 amide bonds. The lowest BCUT2D eigenvalue weighted by Gasteiger charge is -1.98. The number of hydrogen-bond acceptors (Lipinski definition) is 5. The summed E-state index contributed by atoms with van der Waals surface area (Å²) in [6.45, 7) is 0. The number of anilines is 2. The molecule has 2 rings (SSSR count). The van der Waals surface area contributed by atoms with Gasteiger partial charge in [0, 0.05) is 6.07 Å². The summed E-state index contributed by atoms with van der Waals surface area (Å²) in [5.41, 5.74) is 12.0. The van der Waals surface area contributed by atoms with Crippen molar-refractivity contribution in [3.63, 3.8) is 0 Å². The van der Waals surface area contributed by atoms with Crippen molar-refractivity contribution < 1.29 is 4.39 Å². The fourth-order valence-corrected chi connectivity index (χ4v) is 1.53. The number of nitrogens with two attached hydrogens (primary N) is 2. The Balaban J connectivity index is 2.97. The summed E-state index contributed by atoms with van der Waals surface area (Å²) in [5, 5.41) is 0. The van der Waals surface area contributed by atoms with Crippen LogP contribution in [0.4, 0.5) is 15.8 Å². The Bertz CT molecular complexity index is 438. The van der Waals surface area contributed by atoms with Crippen molar-refractivity contribution in [3.8, 4) is 0 Å². The quantitative estimate of drug-likeness (QED) is 0.598. The molecule has 62 valence electrons. The van der Waals surface area contributed by atoms with Crippen LogP contribution in [0.25, 0.3) is 11.0 Å². The normalized spacial score (nSPS) is 10.8. The Hall–Kier alpha value is -1.43. The third-order valence-corrected chi connectivity index (χ3v) is 2.09. The molecule has 2 aromatic rings. The average molecular weight is 184 g/mol. The third-order valence-electron chi connectivity index (χ3n) is 1.56. The molecule has 0 fully saturated rings. The Morgan fingerprint density at radius 1 is 1.25 bits per heavy atom. The van der Waals surface area contributed by atoms with Crippen LogP contribution < -0.4 is 11.5 Å². The second kappa shape index (κ2) is 2.28. The van der Waals surface area contributed by atoms with Crippen LogP contribution in [0.1, 0.15) is 0 Å². The molecule has 0 atom stereocenters. The number of nitrogen functional groups attached to an aromatic ring is 2. The molecule has 0 aliphatic heterocycles. The minimum absolute atomic E-state index is 0.00736. The van der Waals surface area contributed by atoms with Gasteiger partial charge in [0.25, 0.3) is 0 Å². The first kappa shape index (κ1) is 7.23. The predicted molar refractivity (Wildman–Crippen MR) is 46.2 cm³/mol. The van der Waals surface area contributed by atoms with Crippen LogP contribution in [0.5, 0.6) is 0 Å². The number of nitrogens with zero attached hydrogens (tertiary/aromatic N) is 2. The predicted octanol–water partition coefficient (Wildman–Crippen LogP) is 0.995. The third kappa shape index (κ3) is 0.814. The fourth-order valence-electron chi connectivity index (χ4n) is 0.950. The van der Waals surface area contributed by atoms with Crippen molar-refractivity contribution in [3.05, 3.63) is 11.9 Å². The fraction of sp³-hybridized carbons (Fsp3) is 0. The molecule has 1 heterocycles. The lowest BCUT2D eigenvalue weighted by Crippen LogP contribution is -1.95. The first-order valence-electron chi connectivity index (χ1n) is 3.16. The number of rotatable bonds is 0. The molecule has 1 aromatic heterocycles. The van der Waals surface area contributed by atoms with Crippen LogP contribution >= 0.6 is 11.7 Å². The largest absolute Gasteiger partial charge is 0.397 e. The van der Waals surface area contributed by atoms with Crippen molar-refractivity contribution in [1.82, 2.24) is 8.75 Å². The van der Waals surface area contributed by atoms with E-state index >= 15 is 0 Å². The zero-order chi connectivity index (χ0) is 8.72. The number of fused-ring (bicyclic) bond motifs is 1. The Morgan fingerprint density at radius 3 is 2.67 bits per heavy atom. The summed E-state index contributed by atoms with van der Waals surface area (Å²) in [5.74, 6) is -0.548. The van der Waals surface area contributed by atoms with E-state index in [0.29, 0.717) is 11.0 Å². The molecule has 0 bridgehead atoms. The van der Waals surface area contributed by atoms with Crippen LogP contribution in [0, 0.1) is 5.82 Å². The Labute approximate surface area is 71.3 Å². The highest BCUT2D eigenvalue weighted by Gasteiger charge is 2.10. The van der Waals surface area contributed by atoms with E-state index in [-0.39, 0.29) is 11.4 Å². The summed E-state index contributed by atoms with van der Waals surface area (Å²) >= 11 is 0.963. The van der Waals surface area contributed by atoms with Crippen LogP contribution in [-0.2, 0) is 0 Å².